The maximum absolute atomic E-state index is 3.61. The van der Waals surface area contributed by atoms with Gasteiger partial charge in [-0.1, -0.05) is 50.6 Å². The monoisotopic (exact) mass is 219 g/mol. The largest absolute Gasteiger partial charge is 0.310 e. The van der Waals surface area contributed by atoms with Crippen LogP contribution in [0.5, 0.6) is 0 Å². The molecule has 0 aliphatic carbocycles. The quantitative estimate of drug-likeness (QED) is 0.786. The Bertz CT molecular complexity index is 311. The van der Waals surface area contributed by atoms with Gasteiger partial charge in [0, 0.05) is 12.6 Å². The van der Waals surface area contributed by atoms with E-state index in [1.54, 1.807) is 0 Å². The molecule has 0 heterocycles. The van der Waals surface area contributed by atoms with Gasteiger partial charge in [-0.3, -0.25) is 0 Å². The fourth-order valence-corrected chi connectivity index (χ4v) is 1.53. The van der Waals surface area contributed by atoms with E-state index in [1.165, 1.54) is 17.5 Å². The third-order valence-corrected chi connectivity index (χ3v) is 3.42. The number of nitrogens with one attached hydrogen (secondary N) is 1. The fourth-order valence-electron chi connectivity index (χ4n) is 1.53. The molecule has 1 aromatic rings. The van der Waals surface area contributed by atoms with Crippen LogP contribution in [0.1, 0.15) is 51.3 Å². The third-order valence-electron chi connectivity index (χ3n) is 3.42. The van der Waals surface area contributed by atoms with Crippen molar-refractivity contribution in [3.63, 3.8) is 0 Å². The van der Waals surface area contributed by atoms with Gasteiger partial charge in [-0.25, -0.2) is 0 Å². The molecule has 0 amide bonds. The van der Waals surface area contributed by atoms with Crippen LogP contribution in [-0.2, 0) is 0 Å². The summed E-state index contributed by atoms with van der Waals surface area (Å²) in [6.07, 6.45) is 1.21. The summed E-state index contributed by atoms with van der Waals surface area (Å²) in [4.78, 5) is 0. The zero-order valence-corrected chi connectivity index (χ0v) is 11.3. The normalized spacial score (nSPS) is 13.8. The highest BCUT2D eigenvalue weighted by molar-refractivity contribution is 5.23. The van der Waals surface area contributed by atoms with Crippen LogP contribution in [0.3, 0.4) is 0 Å². The molecule has 0 aliphatic rings. The average molecular weight is 219 g/mol. The molecule has 1 atom stereocenters. The number of rotatable bonds is 5. The second-order valence-corrected chi connectivity index (χ2v) is 5.53. The van der Waals surface area contributed by atoms with E-state index in [9.17, 15) is 0 Å². The van der Waals surface area contributed by atoms with E-state index in [-0.39, 0.29) is 0 Å². The lowest BCUT2D eigenvalue weighted by molar-refractivity contribution is 0.314. The van der Waals surface area contributed by atoms with E-state index in [0.29, 0.717) is 11.5 Å². The highest BCUT2D eigenvalue weighted by Gasteiger charge is 2.16. The van der Waals surface area contributed by atoms with Crippen LogP contribution >= 0.6 is 0 Å². The topological polar surface area (TPSA) is 12.0 Å². The molecule has 0 saturated carbocycles. The molecule has 1 heteroatoms. The number of hydrogen-bond donors (Lipinski definition) is 1. The molecule has 1 rings (SSSR count). The van der Waals surface area contributed by atoms with Gasteiger partial charge in [0.15, 0.2) is 0 Å². The number of aryl methyl sites for hydroxylation is 1. The molecule has 1 aromatic carbocycles. The van der Waals surface area contributed by atoms with Crippen LogP contribution in [0.15, 0.2) is 24.3 Å². The molecule has 0 saturated heterocycles. The SMILES string of the molecule is CCC(C)(C)CNC(C)c1ccc(C)cc1. The molecule has 1 nitrogen and oxygen atoms in total. The van der Waals surface area contributed by atoms with Gasteiger partial charge < -0.3 is 5.32 Å². The summed E-state index contributed by atoms with van der Waals surface area (Å²) < 4.78 is 0. The lowest BCUT2D eigenvalue weighted by atomic mass is 9.90. The van der Waals surface area contributed by atoms with Crippen molar-refractivity contribution in [3.05, 3.63) is 35.4 Å². The van der Waals surface area contributed by atoms with E-state index in [2.05, 4.69) is 64.2 Å². The van der Waals surface area contributed by atoms with Gasteiger partial charge in [-0.05, 0) is 31.2 Å². The summed E-state index contributed by atoms with van der Waals surface area (Å²) >= 11 is 0. The van der Waals surface area contributed by atoms with Crippen LogP contribution in [0.2, 0.25) is 0 Å². The molecule has 16 heavy (non-hydrogen) atoms. The van der Waals surface area contributed by atoms with Gasteiger partial charge in [0.2, 0.25) is 0 Å². The van der Waals surface area contributed by atoms with Crippen LogP contribution in [0.25, 0.3) is 0 Å². The highest BCUT2D eigenvalue weighted by Crippen LogP contribution is 2.20. The highest BCUT2D eigenvalue weighted by atomic mass is 14.9. The van der Waals surface area contributed by atoms with Crippen LogP contribution < -0.4 is 5.32 Å². The average Bonchev–Trinajstić information content (AvgIpc) is 2.27. The number of hydrogen-bond acceptors (Lipinski definition) is 1. The summed E-state index contributed by atoms with van der Waals surface area (Å²) in [5.41, 5.74) is 3.08. The summed E-state index contributed by atoms with van der Waals surface area (Å²) in [7, 11) is 0. The van der Waals surface area contributed by atoms with E-state index >= 15 is 0 Å². The Morgan fingerprint density at radius 1 is 1.19 bits per heavy atom. The van der Waals surface area contributed by atoms with E-state index in [1.807, 2.05) is 0 Å². The minimum atomic E-state index is 0.388. The molecule has 1 N–H and O–H groups in total. The standard InChI is InChI=1S/C15H25N/c1-6-15(4,5)11-16-13(3)14-9-7-12(2)8-10-14/h7-10,13,16H,6,11H2,1-5H3. The van der Waals surface area contributed by atoms with E-state index < -0.39 is 0 Å². The first kappa shape index (κ1) is 13.2. The maximum atomic E-state index is 3.61. The van der Waals surface area contributed by atoms with Crippen molar-refractivity contribution in [3.8, 4) is 0 Å². The van der Waals surface area contributed by atoms with E-state index in [0.717, 1.165) is 6.54 Å². The van der Waals surface area contributed by atoms with Gasteiger partial charge >= 0.3 is 0 Å². The molecular formula is C15H25N. The van der Waals surface area contributed by atoms with Crippen molar-refractivity contribution in [1.29, 1.82) is 0 Å². The van der Waals surface area contributed by atoms with Gasteiger partial charge in [-0.15, -0.1) is 0 Å². The summed E-state index contributed by atoms with van der Waals surface area (Å²) in [6, 6.07) is 9.22. The number of benzene rings is 1. The summed E-state index contributed by atoms with van der Waals surface area (Å²) in [5, 5.41) is 3.61. The zero-order valence-electron chi connectivity index (χ0n) is 11.3. The van der Waals surface area contributed by atoms with E-state index in [4.69, 9.17) is 0 Å². The van der Waals surface area contributed by atoms with Gasteiger partial charge in [0.25, 0.3) is 0 Å². The molecule has 90 valence electrons. The van der Waals surface area contributed by atoms with Gasteiger partial charge in [0.05, 0.1) is 0 Å². The first-order valence-electron chi connectivity index (χ1n) is 6.24. The molecule has 0 radical (unpaired) electrons. The first-order chi connectivity index (χ1) is 7.44. The molecule has 1 unspecified atom stereocenters. The predicted octanol–water partition coefficient (Wildman–Crippen LogP) is 4.08. The molecule has 0 spiro atoms. The van der Waals surface area contributed by atoms with Gasteiger partial charge in [0.1, 0.15) is 0 Å². The Balaban J connectivity index is 2.53. The fraction of sp³-hybridized carbons (Fsp3) is 0.600. The Morgan fingerprint density at radius 2 is 1.75 bits per heavy atom. The first-order valence-corrected chi connectivity index (χ1v) is 6.24. The summed E-state index contributed by atoms with van der Waals surface area (Å²) in [6.45, 7) is 12.3. The molecular weight excluding hydrogens is 194 g/mol. The van der Waals surface area contributed by atoms with Crippen molar-refractivity contribution in [2.75, 3.05) is 6.54 Å². The van der Waals surface area contributed by atoms with Gasteiger partial charge in [-0.2, -0.15) is 0 Å². The lowest BCUT2D eigenvalue weighted by Gasteiger charge is -2.26. The Hall–Kier alpha value is -0.820. The molecule has 0 bridgehead atoms. The Morgan fingerprint density at radius 3 is 2.25 bits per heavy atom. The van der Waals surface area contributed by atoms with Crippen molar-refractivity contribution >= 4 is 0 Å². The van der Waals surface area contributed by atoms with Crippen LogP contribution in [0, 0.1) is 12.3 Å². The van der Waals surface area contributed by atoms with Crippen molar-refractivity contribution < 1.29 is 0 Å². The van der Waals surface area contributed by atoms with Crippen molar-refractivity contribution in [2.45, 2.75) is 47.1 Å². The smallest absolute Gasteiger partial charge is 0.0292 e. The molecule has 0 aliphatic heterocycles. The van der Waals surface area contributed by atoms with Crippen molar-refractivity contribution in [2.24, 2.45) is 5.41 Å². The van der Waals surface area contributed by atoms with Crippen LogP contribution in [0.4, 0.5) is 0 Å². The second kappa shape index (κ2) is 5.49. The zero-order chi connectivity index (χ0) is 12.2. The van der Waals surface area contributed by atoms with Crippen LogP contribution in [-0.4, -0.2) is 6.54 Å². The minimum Gasteiger partial charge on any atom is -0.310 e. The van der Waals surface area contributed by atoms with Crippen molar-refractivity contribution in [1.82, 2.24) is 5.32 Å². The predicted molar refractivity (Wildman–Crippen MR) is 71.7 cm³/mol. The Kier molecular flexibility index (Phi) is 4.55. The lowest BCUT2D eigenvalue weighted by Crippen LogP contribution is -2.30. The summed E-state index contributed by atoms with van der Waals surface area (Å²) in [5.74, 6) is 0. The molecule has 0 aromatic heterocycles. The molecule has 0 fully saturated rings. The minimum absolute atomic E-state index is 0.388. The third kappa shape index (κ3) is 3.97. The maximum Gasteiger partial charge on any atom is 0.0292 e. The Labute approximate surface area is 100 Å². The second-order valence-electron chi connectivity index (χ2n) is 5.53.